The number of hydrogen-bond donors (Lipinski definition) is 2. The second-order valence-corrected chi connectivity index (χ2v) is 5.63. The Balaban J connectivity index is 0.00000312. The number of guanidine groups is 1. The van der Waals surface area contributed by atoms with E-state index in [1.807, 2.05) is 19.9 Å². The van der Waals surface area contributed by atoms with Gasteiger partial charge in [-0.3, -0.25) is 4.99 Å². The SMILES string of the molecule is CCOCCCCNC(=NC)NCCn1c(C)nc2ccccc21.I. The summed E-state index contributed by atoms with van der Waals surface area (Å²) in [7, 11) is 1.80. The maximum atomic E-state index is 5.34. The van der Waals surface area contributed by atoms with Gasteiger partial charge < -0.3 is 19.9 Å². The molecule has 0 aliphatic carbocycles. The smallest absolute Gasteiger partial charge is 0.191 e. The van der Waals surface area contributed by atoms with Gasteiger partial charge in [-0.2, -0.15) is 0 Å². The summed E-state index contributed by atoms with van der Waals surface area (Å²) in [5.41, 5.74) is 2.22. The molecule has 0 bridgehead atoms. The topological polar surface area (TPSA) is 63.5 Å². The number of hydrogen-bond acceptors (Lipinski definition) is 3. The fourth-order valence-corrected chi connectivity index (χ4v) is 2.67. The Morgan fingerprint density at radius 2 is 1.96 bits per heavy atom. The summed E-state index contributed by atoms with van der Waals surface area (Å²) in [5, 5.41) is 6.70. The third-order valence-electron chi connectivity index (χ3n) is 3.91. The highest BCUT2D eigenvalue weighted by molar-refractivity contribution is 14.0. The van der Waals surface area contributed by atoms with E-state index in [4.69, 9.17) is 4.74 Å². The minimum absolute atomic E-state index is 0. The Morgan fingerprint density at radius 1 is 1.20 bits per heavy atom. The minimum Gasteiger partial charge on any atom is -0.382 e. The van der Waals surface area contributed by atoms with Gasteiger partial charge in [0.05, 0.1) is 11.0 Å². The normalized spacial score (nSPS) is 11.4. The first kappa shape index (κ1) is 21.7. The number of nitrogens with one attached hydrogen (secondary N) is 2. The van der Waals surface area contributed by atoms with Gasteiger partial charge in [-0.05, 0) is 38.8 Å². The Hall–Kier alpha value is -1.35. The molecular weight excluding hydrogens is 429 g/mol. The van der Waals surface area contributed by atoms with E-state index in [0.717, 1.165) is 63.0 Å². The van der Waals surface area contributed by atoms with E-state index >= 15 is 0 Å². The van der Waals surface area contributed by atoms with Crippen LogP contribution in [0, 0.1) is 6.92 Å². The van der Waals surface area contributed by atoms with Crippen molar-refractivity contribution < 1.29 is 4.74 Å². The standard InChI is InChI=1S/C18H29N5O.HI/c1-4-24-14-8-7-11-20-18(19-3)21-12-13-23-15(2)22-16-9-5-6-10-17(16)23;/h5-6,9-10H,4,7-8,11-14H2,1-3H3,(H2,19,20,21);1H. The molecule has 7 heteroatoms. The number of aryl methyl sites for hydroxylation is 1. The number of para-hydroxylation sites is 2. The van der Waals surface area contributed by atoms with Gasteiger partial charge >= 0.3 is 0 Å². The molecule has 25 heavy (non-hydrogen) atoms. The van der Waals surface area contributed by atoms with Crippen LogP contribution >= 0.6 is 24.0 Å². The molecule has 0 radical (unpaired) electrons. The highest BCUT2D eigenvalue weighted by atomic mass is 127. The summed E-state index contributed by atoms with van der Waals surface area (Å²) in [4.78, 5) is 8.86. The van der Waals surface area contributed by atoms with E-state index < -0.39 is 0 Å². The summed E-state index contributed by atoms with van der Waals surface area (Å²) in [6, 6.07) is 8.24. The third kappa shape index (κ3) is 6.81. The summed E-state index contributed by atoms with van der Waals surface area (Å²) in [6.07, 6.45) is 2.14. The number of halogens is 1. The maximum Gasteiger partial charge on any atom is 0.191 e. The van der Waals surface area contributed by atoms with E-state index in [2.05, 4.69) is 43.4 Å². The van der Waals surface area contributed by atoms with Crippen molar-refractivity contribution in [3.8, 4) is 0 Å². The molecule has 0 aliphatic rings. The number of ether oxygens (including phenoxy) is 1. The lowest BCUT2D eigenvalue weighted by Crippen LogP contribution is -2.39. The Kier molecular flexibility index (Phi) is 10.5. The molecule has 0 fully saturated rings. The molecule has 1 heterocycles. The van der Waals surface area contributed by atoms with Gasteiger partial charge in [0.15, 0.2) is 5.96 Å². The van der Waals surface area contributed by atoms with Crippen LogP contribution in [0.5, 0.6) is 0 Å². The summed E-state index contributed by atoms with van der Waals surface area (Å²) in [5.74, 6) is 1.88. The molecule has 0 saturated carbocycles. The highest BCUT2D eigenvalue weighted by Gasteiger charge is 2.06. The molecule has 0 aliphatic heterocycles. The summed E-state index contributed by atoms with van der Waals surface area (Å²) < 4.78 is 7.57. The lowest BCUT2D eigenvalue weighted by atomic mass is 10.3. The second kappa shape index (κ2) is 12.1. The van der Waals surface area contributed by atoms with Crippen LogP contribution in [0.25, 0.3) is 11.0 Å². The average Bonchev–Trinajstić information content (AvgIpc) is 2.92. The molecule has 2 N–H and O–H groups in total. The van der Waals surface area contributed by atoms with Gasteiger partial charge in [0.1, 0.15) is 5.82 Å². The zero-order valence-electron chi connectivity index (χ0n) is 15.4. The lowest BCUT2D eigenvalue weighted by Gasteiger charge is -2.13. The van der Waals surface area contributed by atoms with Crippen molar-refractivity contribution in [3.63, 3.8) is 0 Å². The van der Waals surface area contributed by atoms with Crippen LogP contribution in [-0.4, -0.2) is 48.9 Å². The van der Waals surface area contributed by atoms with Gasteiger partial charge in [0.2, 0.25) is 0 Å². The van der Waals surface area contributed by atoms with Crippen LogP contribution in [0.4, 0.5) is 0 Å². The molecule has 2 rings (SSSR count). The van der Waals surface area contributed by atoms with Gasteiger partial charge in [-0.25, -0.2) is 4.98 Å². The first-order chi connectivity index (χ1) is 11.8. The molecule has 140 valence electrons. The number of aliphatic imine (C=N–C) groups is 1. The predicted octanol–water partition coefficient (Wildman–Crippen LogP) is 2.94. The van der Waals surface area contributed by atoms with Crippen molar-refractivity contribution in [2.45, 2.75) is 33.2 Å². The van der Waals surface area contributed by atoms with E-state index in [1.165, 1.54) is 5.52 Å². The van der Waals surface area contributed by atoms with Crippen LogP contribution in [0.1, 0.15) is 25.6 Å². The zero-order valence-corrected chi connectivity index (χ0v) is 17.7. The monoisotopic (exact) mass is 459 g/mol. The number of imidazole rings is 1. The van der Waals surface area contributed by atoms with Crippen molar-refractivity contribution in [2.24, 2.45) is 4.99 Å². The van der Waals surface area contributed by atoms with Crippen molar-refractivity contribution in [3.05, 3.63) is 30.1 Å². The quantitative estimate of drug-likeness (QED) is 0.262. The number of unbranched alkanes of at least 4 members (excludes halogenated alkanes) is 1. The van der Waals surface area contributed by atoms with Gasteiger partial charge in [-0.15, -0.1) is 24.0 Å². The second-order valence-electron chi connectivity index (χ2n) is 5.63. The molecule has 2 aromatic rings. The highest BCUT2D eigenvalue weighted by Crippen LogP contribution is 2.14. The predicted molar refractivity (Wildman–Crippen MR) is 115 cm³/mol. The fraction of sp³-hybridized carbons (Fsp3) is 0.556. The van der Waals surface area contributed by atoms with Gasteiger partial charge in [-0.1, -0.05) is 12.1 Å². The van der Waals surface area contributed by atoms with Crippen molar-refractivity contribution in [1.82, 2.24) is 20.2 Å². The molecule has 0 spiro atoms. The summed E-state index contributed by atoms with van der Waals surface area (Å²) >= 11 is 0. The Bertz CT molecular complexity index is 656. The number of aromatic nitrogens is 2. The van der Waals surface area contributed by atoms with E-state index in [9.17, 15) is 0 Å². The number of fused-ring (bicyclic) bond motifs is 1. The van der Waals surface area contributed by atoms with Crippen LogP contribution < -0.4 is 10.6 Å². The molecule has 6 nitrogen and oxygen atoms in total. The van der Waals surface area contributed by atoms with Crippen LogP contribution in [0.3, 0.4) is 0 Å². The Labute approximate surface area is 167 Å². The lowest BCUT2D eigenvalue weighted by molar-refractivity contribution is 0.143. The molecule has 0 unspecified atom stereocenters. The number of rotatable bonds is 9. The third-order valence-corrected chi connectivity index (χ3v) is 3.91. The van der Waals surface area contributed by atoms with Crippen LogP contribution in [0.15, 0.2) is 29.3 Å². The van der Waals surface area contributed by atoms with Crippen LogP contribution in [0.2, 0.25) is 0 Å². The van der Waals surface area contributed by atoms with E-state index in [1.54, 1.807) is 7.05 Å². The molecule has 0 atom stereocenters. The average molecular weight is 459 g/mol. The number of nitrogens with zero attached hydrogens (tertiary/aromatic N) is 3. The van der Waals surface area contributed by atoms with E-state index in [0.29, 0.717) is 0 Å². The molecule has 0 amide bonds. The first-order valence-corrected chi connectivity index (χ1v) is 8.70. The zero-order chi connectivity index (χ0) is 17.2. The summed E-state index contributed by atoms with van der Waals surface area (Å²) in [6.45, 7) is 8.26. The maximum absolute atomic E-state index is 5.34. The number of benzene rings is 1. The van der Waals surface area contributed by atoms with Crippen molar-refractivity contribution in [2.75, 3.05) is 33.4 Å². The molecule has 0 saturated heterocycles. The largest absolute Gasteiger partial charge is 0.382 e. The first-order valence-electron chi connectivity index (χ1n) is 8.70. The molecule has 1 aromatic heterocycles. The Morgan fingerprint density at radius 3 is 2.72 bits per heavy atom. The van der Waals surface area contributed by atoms with E-state index in [-0.39, 0.29) is 24.0 Å². The van der Waals surface area contributed by atoms with Gasteiger partial charge in [0, 0.05) is 39.9 Å². The molecule has 1 aromatic carbocycles. The molecular formula is C18H30IN5O. The fourth-order valence-electron chi connectivity index (χ4n) is 2.67. The minimum atomic E-state index is 0. The van der Waals surface area contributed by atoms with Crippen molar-refractivity contribution in [1.29, 1.82) is 0 Å². The van der Waals surface area contributed by atoms with Crippen molar-refractivity contribution >= 4 is 41.0 Å². The van der Waals surface area contributed by atoms with Crippen LogP contribution in [-0.2, 0) is 11.3 Å². The van der Waals surface area contributed by atoms with Gasteiger partial charge in [0.25, 0.3) is 0 Å².